The maximum atomic E-state index is 11.7. The maximum Gasteiger partial charge on any atom is 0.220 e. The Balaban J connectivity index is 3.69. The summed E-state index contributed by atoms with van der Waals surface area (Å²) in [6.45, 7) is 9.83. The van der Waals surface area contributed by atoms with Crippen LogP contribution in [0.25, 0.3) is 0 Å². The van der Waals surface area contributed by atoms with E-state index >= 15 is 0 Å². The average Bonchev–Trinajstić information content (AvgIpc) is 2.42. The standard InChI is InChI=1S/C16H32N2O3/c1-12(2)21-11-14(4)9-13(3)10-18-16(20)8-6-7-15(19)17-5/h12-14H,6-11H2,1-5H3,(H,17,19)(H,18,20). The molecule has 0 bridgehead atoms. The third-order valence-corrected chi connectivity index (χ3v) is 3.25. The molecule has 0 radical (unpaired) electrons. The summed E-state index contributed by atoms with van der Waals surface area (Å²) >= 11 is 0. The quantitative estimate of drug-likeness (QED) is 0.614. The summed E-state index contributed by atoms with van der Waals surface area (Å²) in [6.07, 6.45) is 2.71. The van der Waals surface area contributed by atoms with Gasteiger partial charge in [0.05, 0.1) is 6.10 Å². The molecular formula is C16H32N2O3. The molecule has 0 rings (SSSR count). The summed E-state index contributed by atoms with van der Waals surface area (Å²) in [4.78, 5) is 22.7. The van der Waals surface area contributed by atoms with E-state index < -0.39 is 0 Å². The molecule has 2 amide bonds. The number of rotatable bonds is 11. The number of carbonyl (C=O) groups is 2. The molecule has 0 spiro atoms. The number of amides is 2. The highest BCUT2D eigenvalue weighted by Gasteiger charge is 2.11. The van der Waals surface area contributed by atoms with E-state index in [2.05, 4.69) is 24.5 Å². The van der Waals surface area contributed by atoms with Crippen LogP contribution in [0.5, 0.6) is 0 Å². The fraction of sp³-hybridized carbons (Fsp3) is 0.875. The third kappa shape index (κ3) is 12.4. The summed E-state index contributed by atoms with van der Waals surface area (Å²) in [5.74, 6) is 0.929. The van der Waals surface area contributed by atoms with Gasteiger partial charge in [0, 0.05) is 33.0 Å². The van der Waals surface area contributed by atoms with E-state index in [9.17, 15) is 9.59 Å². The van der Waals surface area contributed by atoms with Gasteiger partial charge in [-0.05, 0) is 38.5 Å². The van der Waals surface area contributed by atoms with Gasteiger partial charge in [-0.15, -0.1) is 0 Å². The summed E-state index contributed by atoms with van der Waals surface area (Å²) in [7, 11) is 1.61. The SMILES string of the molecule is CNC(=O)CCCC(=O)NCC(C)CC(C)COC(C)C. The zero-order valence-electron chi connectivity index (χ0n) is 14.2. The Bertz CT molecular complexity index is 306. The fourth-order valence-corrected chi connectivity index (χ4v) is 2.11. The molecule has 2 N–H and O–H groups in total. The van der Waals surface area contributed by atoms with Crippen LogP contribution < -0.4 is 10.6 Å². The number of hydrogen-bond acceptors (Lipinski definition) is 3. The van der Waals surface area contributed by atoms with Crippen molar-refractivity contribution in [1.82, 2.24) is 10.6 Å². The normalized spacial score (nSPS) is 13.8. The Morgan fingerprint density at radius 3 is 2.19 bits per heavy atom. The number of ether oxygens (including phenoxy) is 1. The number of nitrogens with one attached hydrogen (secondary N) is 2. The zero-order valence-corrected chi connectivity index (χ0v) is 14.2. The highest BCUT2D eigenvalue weighted by Crippen LogP contribution is 2.12. The first-order valence-electron chi connectivity index (χ1n) is 7.94. The fourth-order valence-electron chi connectivity index (χ4n) is 2.11. The van der Waals surface area contributed by atoms with Crippen LogP contribution in [0.15, 0.2) is 0 Å². The molecule has 2 atom stereocenters. The van der Waals surface area contributed by atoms with Crippen molar-refractivity contribution in [2.45, 2.75) is 59.5 Å². The molecular weight excluding hydrogens is 268 g/mol. The molecule has 0 aliphatic carbocycles. The molecule has 0 fully saturated rings. The van der Waals surface area contributed by atoms with E-state index in [1.54, 1.807) is 7.05 Å². The molecule has 0 aromatic rings. The van der Waals surface area contributed by atoms with E-state index in [0.717, 1.165) is 13.0 Å². The van der Waals surface area contributed by atoms with Gasteiger partial charge < -0.3 is 15.4 Å². The van der Waals surface area contributed by atoms with Crippen LogP contribution in [0.1, 0.15) is 53.4 Å². The molecule has 124 valence electrons. The van der Waals surface area contributed by atoms with Crippen LogP contribution in [-0.2, 0) is 14.3 Å². The molecule has 2 unspecified atom stereocenters. The predicted molar refractivity (Wildman–Crippen MR) is 85.0 cm³/mol. The van der Waals surface area contributed by atoms with Crippen molar-refractivity contribution in [3.8, 4) is 0 Å². The Morgan fingerprint density at radius 2 is 1.62 bits per heavy atom. The minimum absolute atomic E-state index is 0.0184. The largest absolute Gasteiger partial charge is 0.379 e. The first kappa shape index (κ1) is 19.9. The predicted octanol–water partition coefficient (Wildman–Crippen LogP) is 2.11. The van der Waals surface area contributed by atoms with E-state index in [1.807, 2.05) is 13.8 Å². The lowest BCUT2D eigenvalue weighted by molar-refractivity contribution is -0.122. The number of carbonyl (C=O) groups excluding carboxylic acids is 2. The molecule has 0 heterocycles. The van der Waals surface area contributed by atoms with Crippen molar-refractivity contribution in [3.63, 3.8) is 0 Å². The smallest absolute Gasteiger partial charge is 0.220 e. The molecule has 0 aromatic carbocycles. The lowest BCUT2D eigenvalue weighted by Crippen LogP contribution is -2.29. The van der Waals surface area contributed by atoms with Crippen LogP contribution in [0.2, 0.25) is 0 Å². The van der Waals surface area contributed by atoms with Crippen molar-refractivity contribution < 1.29 is 14.3 Å². The Morgan fingerprint density at radius 1 is 1.00 bits per heavy atom. The lowest BCUT2D eigenvalue weighted by atomic mass is 9.98. The van der Waals surface area contributed by atoms with Gasteiger partial charge in [0.15, 0.2) is 0 Å². The van der Waals surface area contributed by atoms with Gasteiger partial charge in [0.25, 0.3) is 0 Å². The van der Waals surface area contributed by atoms with Crippen LogP contribution in [0, 0.1) is 11.8 Å². The molecule has 5 nitrogen and oxygen atoms in total. The van der Waals surface area contributed by atoms with Gasteiger partial charge in [0.1, 0.15) is 0 Å². The van der Waals surface area contributed by atoms with Gasteiger partial charge in [-0.1, -0.05) is 13.8 Å². The molecule has 0 saturated heterocycles. The first-order chi connectivity index (χ1) is 9.85. The molecule has 0 aliphatic heterocycles. The van der Waals surface area contributed by atoms with Gasteiger partial charge in [-0.25, -0.2) is 0 Å². The molecule has 5 heteroatoms. The molecule has 21 heavy (non-hydrogen) atoms. The van der Waals surface area contributed by atoms with Gasteiger partial charge in [0.2, 0.25) is 11.8 Å². The average molecular weight is 300 g/mol. The van der Waals surface area contributed by atoms with Crippen molar-refractivity contribution >= 4 is 11.8 Å². The van der Waals surface area contributed by atoms with Crippen LogP contribution in [0.4, 0.5) is 0 Å². The van der Waals surface area contributed by atoms with Crippen LogP contribution in [0.3, 0.4) is 0 Å². The summed E-state index contributed by atoms with van der Waals surface area (Å²) in [6, 6.07) is 0. The first-order valence-corrected chi connectivity index (χ1v) is 7.94. The number of hydrogen-bond donors (Lipinski definition) is 2. The Kier molecular flexibility index (Phi) is 10.9. The van der Waals surface area contributed by atoms with Crippen molar-refractivity contribution in [1.29, 1.82) is 0 Å². The molecule has 0 saturated carbocycles. The van der Waals surface area contributed by atoms with E-state index in [0.29, 0.717) is 37.6 Å². The minimum atomic E-state index is -0.0184. The Hall–Kier alpha value is -1.10. The van der Waals surface area contributed by atoms with Gasteiger partial charge in [-0.2, -0.15) is 0 Å². The minimum Gasteiger partial charge on any atom is -0.379 e. The monoisotopic (exact) mass is 300 g/mol. The van der Waals surface area contributed by atoms with E-state index in [4.69, 9.17) is 4.74 Å². The second kappa shape index (κ2) is 11.5. The topological polar surface area (TPSA) is 67.4 Å². The van der Waals surface area contributed by atoms with Crippen molar-refractivity contribution in [2.24, 2.45) is 11.8 Å². The highest BCUT2D eigenvalue weighted by atomic mass is 16.5. The summed E-state index contributed by atoms with van der Waals surface area (Å²) in [5.41, 5.74) is 0. The van der Waals surface area contributed by atoms with Crippen molar-refractivity contribution in [2.75, 3.05) is 20.2 Å². The molecule has 0 aliphatic rings. The van der Waals surface area contributed by atoms with Crippen LogP contribution >= 0.6 is 0 Å². The summed E-state index contributed by atoms with van der Waals surface area (Å²) < 4.78 is 5.59. The second-order valence-electron chi connectivity index (χ2n) is 6.16. The third-order valence-electron chi connectivity index (χ3n) is 3.25. The second-order valence-corrected chi connectivity index (χ2v) is 6.16. The van der Waals surface area contributed by atoms with Gasteiger partial charge >= 0.3 is 0 Å². The molecule has 0 aromatic heterocycles. The van der Waals surface area contributed by atoms with E-state index in [1.165, 1.54) is 0 Å². The summed E-state index contributed by atoms with van der Waals surface area (Å²) in [5, 5.41) is 5.48. The van der Waals surface area contributed by atoms with Gasteiger partial charge in [-0.3, -0.25) is 9.59 Å². The zero-order chi connectivity index (χ0) is 16.3. The maximum absolute atomic E-state index is 11.7. The van der Waals surface area contributed by atoms with Crippen LogP contribution in [-0.4, -0.2) is 38.1 Å². The highest BCUT2D eigenvalue weighted by molar-refractivity contribution is 5.78. The van der Waals surface area contributed by atoms with Crippen molar-refractivity contribution in [3.05, 3.63) is 0 Å². The lowest BCUT2D eigenvalue weighted by Gasteiger charge is -2.19. The Labute approximate surface area is 129 Å². The van der Waals surface area contributed by atoms with E-state index in [-0.39, 0.29) is 17.9 Å².